The average molecular weight is 427 g/mol. The first-order valence-corrected chi connectivity index (χ1v) is 9.62. The van der Waals surface area contributed by atoms with Crippen LogP contribution < -0.4 is 10.6 Å². The van der Waals surface area contributed by atoms with E-state index in [1.165, 1.54) is 0 Å². The van der Waals surface area contributed by atoms with E-state index in [1.807, 2.05) is 48.5 Å². The maximum Gasteiger partial charge on any atom is 0.225 e. The Bertz CT molecular complexity index is 869. The van der Waals surface area contributed by atoms with Gasteiger partial charge in [-0.2, -0.15) is 4.98 Å². The molecule has 3 rings (SSSR count). The number of nitrogens with zero attached hydrogens (tertiary/aromatic N) is 4. The zero-order valence-electron chi connectivity index (χ0n) is 15.5. The standard InChI is InChI=1S/C20H23BrN6/c1-27(2)13-7-12-23-20-25-18(17-10-5-6-11-22-17)14-19(26-20)24-16-9-4-3-8-15(16)21/h3-6,8-11,14H,7,12-13H2,1-2H3,(H2,23,24,25,26). The number of para-hydroxylation sites is 1. The molecule has 2 aromatic heterocycles. The quantitative estimate of drug-likeness (QED) is 0.520. The van der Waals surface area contributed by atoms with Gasteiger partial charge in [-0.1, -0.05) is 18.2 Å². The highest BCUT2D eigenvalue weighted by Gasteiger charge is 2.09. The van der Waals surface area contributed by atoms with Gasteiger partial charge < -0.3 is 15.5 Å². The molecule has 7 heteroatoms. The largest absolute Gasteiger partial charge is 0.354 e. The van der Waals surface area contributed by atoms with Crippen LogP contribution in [0, 0.1) is 0 Å². The van der Waals surface area contributed by atoms with Crippen LogP contribution in [-0.4, -0.2) is 47.0 Å². The molecule has 0 aliphatic rings. The van der Waals surface area contributed by atoms with Crippen LogP contribution in [0.3, 0.4) is 0 Å². The van der Waals surface area contributed by atoms with Crippen LogP contribution in [0.25, 0.3) is 11.4 Å². The molecule has 0 atom stereocenters. The molecule has 0 amide bonds. The highest BCUT2D eigenvalue weighted by Crippen LogP contribution is 2.27. The minimum absolute atomic E-state index is 0.589. The Morgan fingerprint density at radius 2 is 1.81 bits per heavy atom. The lowest BCUT2D eigenvalue weighted by atomic mass is 10.2. The minimum atomic E-state index is 0.589. The summed E-state index contributed by atoms with van der Waals surface area (Å²) >= 11 is 3.56. The zero-order chi connectivity index (χ0) is 19.1. The summed E-state index contributed by atoms with van der Waals surface area (Å²) in [4.78, 5) is 15.8. The van der Waals surface area contributed by atoms with Gasteiger partial charge in [-0.25, -0.2) is 4.98 Å². The van der Waals surface area contributed by atoms with Crippen LogP contribution in [0.1, 0.15) is 6.42 Å². The van der Waals surface area contributed by atoms with Gasteiger partial charge in [0, 0.05) is 23.3 Å². The molecular formula is C20H23BrN6. The van der Waals surface area contributed by atoms with Gasteiger partial charge in [0.1, 0.15) is 5.82 Å². The first-order chi connectivity index (χ1) is 13.1. The lowest BCUT2D eigenvalue weighted by Gasteiger charge is -2.13. The van der Waals surface area contributed by atoms with E-state index in [4.69, 9.17) is 0 Å². The number of anilines is 3. The summed E-state index contributed by atoms with van der Waals surface area (Å²) in [6.45, 7) is 1.81. The summed E-state index contributed by atoms with van der Waals surface area (Å²) in [6, 6.07) is 15.6. The Labute approximate surface area is 168 Å². The molecule has 0 radical (unpaired) electrons. The van der Waals surface area contributed by atoms with E-state index in [0.29, 0.717) is 11.8 Å². The molecule has 6 nitrogen and oxygen atoms in total. The smallest absolute Gasteiger partial charge is 0.225 e. The van der Waals surface area contributed by atoms with Crippen LogP contribution in [0.2, 0.25) is 0 Å². The van der Waals surface area contributed by atoms with Gasteiger partial charge in [0.25, 0.3) is 0 Å². The molecule has 2 heterocycles. The fraction of sp³-hybridized carbons (Fsp3) is 0.250. The topological polar surface area (TPSA) is 66.0 Å². The van der Waals surface area contributed by atoms with Gasteiger partial charge in [0.15, 0.2) is 0 Å². The van der Waals surface area contributed by atoms with Gasteiger partial charge in [0.05, 0.1) is 17.1 Å². The van der Waals surface area contributed by atoms with Crippen LogP contribution in [-0.2, 0) is 0 Å². The van der Waals surface area contributed by atoms with E-state index in [-0.39, 0.29) is 0 Å². The zero-order valence-corrected chi connectivity index (χ0v) is 17.1. The average Bonchev–Trinajstić information content (AvgIpc) is 2.67. The summed E-state index contributed by atoms with van der Waals surface area (Å²) < 4.78 is 0.975. The number of hydrogen-bond acceptors (Lipinski definition) is 6. The molecule has 1 aromatic carbocycles. The minimum Gasteiger partial charge on any atom is -0.354 e. The van der Waals surface area contributed by atoms with Crippen molar-refractivity contribution in [3.05, 3.63) is 59.2 Å². The van der Waals surface area contributed by atoms with Crippen molar-refractivity contribution >= 4 is 33.4 Å². The molecular weight excluding hydrogens is 404 g/mol. The summed E-state index contributed by atoms with van der Waals surface area (Å²) in [6.07, 6.45) is 2.78. The number of hydrogen-bond donors (Lipinski definition) is 2. The summed E-state index contributed by atoms with van der Waals surface area (Å²) in [7, 11) is 4.13. The monoisotopic (exact) mass is 426 g/mol. The fourth-order valence-electron chi connectivity index (χ4n) is 2.53. The number of pyridine rings is 1. The van der Waals surface area contributed by atoms with Crippen molar-refractivity contribution in [1.29, 1.82) is 0 Å². The van der Waals surface area contributed by atoms with E-state index in [0.717, 1.165) is 41.1 Å². The molecule has 0 saturated heterocycles. The molecule has 0 spiro atoms. The van der Waals surface area contributed by atoms with Crippen LogP contribution in [0.5, 0.6) is 0 Å². The van der Waals surface area contributed by atoms with Crippen LogP contribution in [0.4, 0.5) is 17.5 Å². The van der Waals surface area contributed by atoms with Gasteiger partial charge in [-0.05, 0) is 67.3 Å². The van der Waals surface area contributed by atoms with Crippen molar-refractivity contribution in [2.75, 3.05) is 37.8 Å². The van der Waals surface area contributed by atoms with E-state index in [1.54, 1.807) is 6.20 Å². The van der Waals surface area contributed by atoms with E-state index < -0.39 is 0 Å². The molecule has 27 heavy (non-hydrogen) atoms. The maximum atomic E-state index is 4.63. The molecule has 0 fully saturated rings. The Morgan fingerprint density at radius 1 is 1.00 bits per heavy atom. The normalized spacial score (nSPS) is 10.8. The van der Waals surface area contributed by atoms with Crippen molar-refractivity contribution < 1.29 is 0 Å². The van der Waals surface area contributed by atoms with E-state index in [2.05, 4.69) is 60.5 Å². The van der Waals surface area contributed by atoms with Crippen molar-refractivity contribution in [3.8, 4) is 11.4 Å². The predicted octanol–water partition coefficient (Wildman–Crippen LogP) is 4.41. The number of aromatic nitrogens is 3. The van der Waals surface area contributed by atoms with Gasteiger partial charge in [-0.15, -0.1) is 0 Å². The SMILES string of the molecule is CN(C)CCCNc1nc(Nc2ccccc2Br)cc(-c2ccccn2)n1. The Morgan fingerprint density at radius 3 is 2.56 bits per heavy atom. The summed E-state index contributed by atoms with van der Waals surface area (Å²) in [5, 5.41) is 6.68. The lowest BCUT2D eigenvalue weighted by molar-refractivity contribution is 0.405. The van der Waals surface area contributed by atoms with Crippen molar-refractivity contribution in [2.24, 2.45) is 0 Å². The first-order valence-electron chi connectivity index (χ1n) is 8.82. The molecule has 0 aliphatic heterocycles. The first kappa shape index (κ1) is 19.3. The van der Waals surface area contributed by atoms with Crippen molar-refractivity contribution in [3.63, 3.8) is 0 Å². The number of nitrogens with one attached hydrogen (secondary N) is 2. The molecule has 140 valence electrons. The second-order valence-electron chi connectivity index (χ2n) is 6.37. The van der Waals surface area contributed by atoms with E-state index in [9.17, 15) is 0 Å². The molecule has 0 aliphatic carbocycles. The summed E-state index contributed by atoms with van der Waals surface area (Å²) in [5.74, 6) is 1.30. The van der Waals surface area contributed by atoms with Crippen molar-refractivity contribution in [2.45, 2.75) is 6.42 Å². The van der Waals surface area contributed by atoms with Crippen LogP contribution in [0.15, 0.2) is 59.2 Å². The molecule has 2 N–H and O–H groups in total. The van der Waals surface area contributed by atoms with Crippen LogP contribution >= 0.6 is 15.9 Å². The molecule has 0 unspecified atom stereocenters. The Hall–Kier alpha value is -2.51. The highest BCUT2D eigenvalue weighted by atomic mass is 79.9. The molecule has 3 aromatic rings. The number of benzene rings is 1. The third-order valence-electron chi connectivity index (χ3n) is 3.86. The fourth-order valence-corrected chi connectivity index (χ4v) is 2.92. The van der Waals surface area contributed by atoms with Gasteiger partial charge in [0.2, 0.25) is 5.95 Å². The second kappa shape index (κ2) is 9.43. The molecule has 0 saturated carbocycles. The Balaban J connectivity index is 1.85. The van der Waals surface area contributed by atoms with Gasteiger partial charge >= 0.3 is 0 Å². The third kappa shape index (κ3) is 5.74. The van der Waals surface area contributed by atoms with E-state index >= 15 is 0 Å². The predicted molar refractivity (Wildman–Crippen MR) is 114 cm³/mol. The van der Waals surface area contributed by atoms with Crippen molar-refractivity contribution in [1.82, 2.24) is 19.9 Å². The lowest BCUT2D eigenvalue weighted by Crippen LogP contribution is -2.17. The molecule has 0 bridgehead atoms. The number of halogens is 1. The Kier molecular flexibility index (Phi) is 6.73. The van der Waals surface area contributed by atoms with Gasteiger partial charge in [-0.3, -0.25) is 4.98 Å². The number of rotatable bonds is 8. The second-order valence-corrected chi connectivity index (χ2v) is 7.22. The third-order valence-corrected chi connectivity index (χ3v) is 4.55. The highest BCUT2D eigenvalue weighted by molar-refractivity contribution is 9.10. The maximum absolute atomic E-state index is 4.63. The summed E-state index contributed by atoms with van der Waals surface area (Å²) in [5.41, 5.74) is 2.53.